The van der Waals surface area contributed by atoms with Crippen LogP contribution in [0, 0.1) is 0 Å². The number of aliphatic hydroxyl groups excluding tert-OH is 1. The van der Waals surface area contributed by atoms with E-state index in [4.69, 9.17) is 21.4 Å². The maximum Gasteiger partial charge on any atom is 0.337 e. The second kappa shape index (κ2) is 6.00. The summed E-state index contributed by atoms with van der Waals surface area (Å²) in [6, 6.07) is 6.59. The van der Waals surface area contributed by atoms with E-state index in [1.54, 1.807) is 31.2 Å². The van der Waals surface area contributed by atoms with E-state index >= 15 is 0 Å². The van der Waals surface area contributed by atoms with Gasteiger partial charge in [-0.25, -0.2) is 4.79 Å². The third-order valence-electron chi connectivity index (χ3n) is 2.44. The van der Waals surface area contributed by atoms with Crippen LogP contribution in [0.25, 0.3) is 0 Å². The molecule has 0 saturated carbocycles. The summed E-state index contributed by atoms with van der Waals surface area (Å²) in [7, 11) is 0. The van der Waals surface area contributed by atoms with Gasteiger partial charge in [-0.3, -0.25) is 0 Å². The average Bonchev–Trinajstić information content (AvgIpc) is 2.26. The molecule has 2 N–H and O–H groups in total. The van der Waals surface area contributed by atoms with Gasteiger partial charge in [-0.1, -0.05) is 29.8 Å². The fraction of sp³-hybridized carbons (Fsp3) is 0.417. The number of carbonyl (C=O) groups is 1. The molecule has 0 heterocycles. The molecule has 0 spiro atoms. The van der Waals surface area contributed by atoms with E-state index in [1.807, 2.05) is 0 Å². The molecule has 0 aliphatic carbocycles. The molecule has 1 rings (SSSR count). The maximum absolute atomic E-state index is 11.1. The van der Waals surface area contributed by atoms with Crippen LogP contribution < -0.4 is 0 Å². The first-order valence-corrected chi connectivity index (χ1v) is 5.62. The number of carboxylic acid groups (broad SMARTS) is 1. The van der Waals surface area contributed by atoms with Gasteiger partial charge in [-0.2, -0.15) is 0 Å². The normalized spacial score (nSPS) is 16.2. The molecule has 17 heavy (non-hydrogen) atoms. The molecule has 0 amide bonds. The highest BCUT2D eigenvalue weighted by Crippen LogP contribution is 2.27. The van der Waals surface area contributed by atoms with E-state index in [2.05, 4.69) is 0 Å². The summed E-state index contributed by atoms with van der Waals surface area (Å²) in [5.74, 6) is -1.13. The lowest BCUT2D eigenvalue weighted by molar-refractivity contribution is -0.158. The van der Waals surface area contributed by atoms with E-state index in [-0.39, 0.29) is 0 Å². The van der Waals surface area contributed by atoms with Crippen molar-refractivity contribution in [2.45, 2.75) is 32.2 Å². The molecule has 0 aromatic heterocycles. The van der Waals surface area contributed by atoms with Crippen molar-refractivity contribution in [2.24, 2.45) is 0 Å². The lowest BCUT2D eigenvalue weighted by atomic mass is 10.1. The summed E-state index contributed by atoms with van der Waals surface area (Å²) in [6.45, 7) is 3.15. The van der Waals surface area contributed by atoms with E-state index < -0.39 is 24.3 Å². The Morgan fingerprint density at radius 3 is 2.41 bits per heavy atom. The third-order valence-corrected chi connectivity index (χ3v) is 2.79. The summed E-state index contributed by atoms with van der Waals surface area (Å²) < 4.78 is 5.31. The van der Waals surface area contributed by atoms with Crippen LogP contribution in [0.2, 0.25) is 5.02 Å². The van der Waals surface area contributed by atoms with Crippen LogP contribution in [0.3, 0.4) is 0 Å². The van der Waals surface area contributed by atoms with Crippen LogP contribution in [0.5, 0.6) is 0 Å². The minimum atomic E-state index is -1.17. The van der Waals surface area contributed by atoms with E-state index in [0.717, 1.165) is 0 Å². The van der Waals surface area contributed by atoms with Crippen molar-refractivity contribution < 1.29 is 19.7 Å². The SMILES string of the molecule is CC(O)C(C)OC(C(=O)O)c1ccccc1Cl. The molecule has 0 aliphatic heterocycles. The van der Waals surface area contributed by atoms with Gasteiger partial charge in [0.05, 0.1) is 12.2 Å². The third kappa shape index (κ3) is 3.70. The van der Waals surface area contributed by atoms with Gasteiger partial charge >= 0.3 is 5.97 Å². The first-order valence-electron chi connectivity index (χ1n) is 5.24. The molecule has 1 aromatic carbocycles. The second-order valence-electron chi connectivity index (χ2n) is 3.82. The Morgan fingerprint density at radius 1 is 1.35 bits per heavy atom. The number of carboxylic acids is 1. The molecule has 0 aliphatic rings. The summed E-state index contributed by atoms with van der Waals surface area (Å²) in [5, 5.41) is 18.8. The number of hydrogen-bond acceptors (Lipinski definition) is 3. The van der Waals surface area contributed by atoms with Gasteiger partial charge in [0.2, 0.25) is 0 Å². The van der Waals surface area contributed by atoms with Gasteiger partial charge in [0.1, 0.15) is 0 Å². The molecular weight excluding hydrogens is 244 g/mol. The van der Waals surface area contributed by atoms with Crippen molar-refractivity contribution in [3.63, 3.8) is 0 Å². The number of rotatable bonds is 5. The van der Waals surface area contributed by atoms with Crippen molar-refractivity contribution in [2.75, 3.05) is 0 Å². The van der Waals surface area contributed by atoms with Gasteiger partial charge in [0.15, 0.2) is 6.10 Å². The van der Waals surface area contributed by atoms with E-state index in [0.29, 0.717) is 10.6 Å². The minimum absolute atomic E-state index is 0.331. The van der Waals surface area contributed by atoms with Crippen LogP contribution >= 0.6 is 11.6 Å². The number of aliphatic carboxylic acids is 1. The Hall–Kier alpha value is -1.10. The van der Waals surface area contributed by atoms with Crippen LogP contribution in [-0.4, -0.2) is 28.4 Å². The van der Waals surface area contributed by atoms with Gasteiger partial charge < -0.3 is 14.9 Å². The summed E-state index contributed by atoms with van der Waals surface area (Å²) in [4.78, 5) is 11.1. The highest BCUT2D eigenvalue weighted by Gasteiger charge is 2.26. The minimum Gasteiger partial charge on any atom is -0.479 e. The highest BCUT2D eigenvalue weighted by atomic mass is 35.5. The van der Waals surface area contributed by atoms with Crippen LogP contribution in [0.15, 0.2) is 24.3 Å². The standard InChI is InChI=1S/C12H15ClO4/c1-7(14)8(2)17-11(12(15)16)9-5-3-4-6-10(9)13/h3-8,11,14H,1-2H3,(H,15,16). The number of benzene rings is 1. The zero-order valence-electron chi connectivity index (χ0n) is 9.63. The van der Waals surface area contributed by atoms with Crippen LogP contribution in [0.4, 0.5) is 0 Å². The molecule has 0 radical (unpaired) electrons. The predicted octanol–water partition coefficient (Wildman–Crippen LogP) is 2.25. The van der Waals surface area contributed by atoms with Crippen LogP contribution in [-0.2, 0) is 9.53 Å². The van der Waals surface area contributed by atoms with E-state index in [1.165, 1.54) is 6.92 Å². The van der Waals surface area contributed by atoms with Gasteiger partial charge in [0, 0.05) is 10.6 Å². The zero-order chi connectivity index (χ0) is 13.0. The lowest BCUT2D eigenvalue weighted by Crippen LogP contribution is -2.28. The Labute approximate surface area is 105 Å². The molecule has 0 bridgehead atoms. The summed E-state index contributed by atoms with van der Waals surface area (Å²) in [6.07, 6.45) is -2.51. The molecule has 94 valence electrons. The Kier molecular flexibility index (Phi) is 4.93. The molecule has 0 saturated heterocycles. The average molecular weight is 259 g/mol. The Morgan fingerprint density at radius 2 is 1.94 bits per heavy atom. The van der Waals surface area contributed by atoms with Crippen molar-refractivity contribution >= 4 is 17.6 Å². The monoisotopic (exact) mass is 258 g/mol. The van der Waals surface area contributed by atoms with Crippen molar-refractivity contribution in [1.29, 1.82) is 0 Å². The zero-order valence-corrected chi connectivity index (χ0v) is 10.4. The quantitative estimate of drug-likeness (QED) is 0.850. The molecule has 5 heteroatoms. The van der Waals surface area contributed by atoms with Gasteiger partial charge in [0.25, 0.3) is 0 Å². The number of ether oxygens (including phenoxy) is 1. The first kappa shape index (κ1) is 14.0. The molecule has 3 atom stereocenters. The van der Waals surface area contributed by atoms with E-state index in [9.17, 15) is 9.90 Å². The highest BCUT2D eigenvalue weighted by molar-refractivity contribution is 6.31. The van der Waals surface area contributed by atoms with Crippen molar-refractivity contribution in [3.8, 4) is 0 Å². The van der Waals surface area contributed by atoms with Crippen LogP contribution in [0.1, 0.15) is 25.5 Å². The maximum atomic E-state index is 11.1. The lowest BCUT2D eigenvalue weighted by Gasteiger charge is -2.22. The fourth-order valence-electron chi connectivity index (χ4n) is 1.28. The molecular formula is C12H15ClO4. The topological polar surface area (TPSA) is 66.8 Å². The van der Waals surface area contributed by atoms with Gasteiger partial charge in [-0.15, -0.1) is 0 Å². The molecule has 4 nitrogen and oxygen atoms in total. The summed E-state index contributed by atoms with van der Waals surface area (Å²) in [5.41, 5.74) is 0.383. The van der Waals surface area contributed by atoms with Gasteiger partial charge in [-0.05, 0) is 19.9 Å². The molecule has 1 aromatic rings. The number of halogens is 1. The van der Waals surface area contributed by atoms with Crippen molar-refractivity contribution in [3.05, 3.63) is 34.9 Å². The predicted molar refractivity (Wildman–Crippen MR) is 64.1 cm³/mol. The number of hydrogen-bond donors (Lipinski definition) is 2. The fourth-order valence-corrected chi connectivity index (χ4v) is 1.52. The van der Waals surface area contributed by atoms with Crippen molar-refractivity contribution in [1.82, 2.24) is 0 Å². The smallest absolute Gasteiger partial charge is 0.337 e. The Balaban J connectivity index is 2.95. The second-order valence-corrected chi connectivity index (χ2v) is 4.23. The largest absolute Gasteiger partial charge is 0.479 e. The molecule has 3 unspecified atom stereocenters. The molecule has 0 fully saturated rings. The summed E-state index contributed by atoms with van der Waals surface area (Å²) >= 11 is 5.92. The Bertz CT molecular complexity index is 392. The number of aliphatic hydroxyl groups is 1. The first-order chi connectivity index (χ1) is 7.93.